The first-order chi connectivity index (χ1) is 16.2. The largest absolute Gasteiger partial charge is 0.375 e. The van der Waals surface area contributed by atoms with Crippen LogP contribution in [-0.2, 0) is 21.1 Å². The van der Waals surface area contributed by atoms with Crippen LogP contribution in [0.5, 0.6) is 0 Å². The normalized spacial score (nSPS) is 16.5. The predicted octanol–water partition coefficient (Wildman–Crippen LogP) is 2.65. The highest BCUT2D eigenvalue weighted by Crippen LogP contribution is 2.28. The number of pyridine rings is 2. The van der Waals surface area contributed by atoms with Crippen LogP contribution in [0.15, 0.2) is 57.2 Å². The quantitative estimate of drug-likeness (QED) is 0.356. The zero-order valence-corrected chi connectivity index (χ0v) is 20.2. The van der Waals surface area contributed by atoms with Crippen molar-refractivity contribution in [3.05, 3.63) is 69.6 Å². The number of nitrogens with zero attached hydrogens (tertiary/aromatic N) is 3. The van der Waals surface area contributed by atoms with Crippen molar-refractivity contribution in [3.8, 4) is 0 Å². The van der Waals surface area contributed by atoms with Crippen LogP contribution in [0.2, 0.25) is 0 Å². The monoisotopic (exact) mass is 479 g/mol. The third-order valence-corrected chi connectivity index (χ3v) is 8.41. The van der Waals surface area contributed by atoms with Gasteiger partial charge in [0, 0.05) is 18.4 Å². The van der Waals surface area contributed by atoms with E-state index in [-0.39, 0.29) is 32.7 Å². The van der Waals surface area contributed by atoms with Crippen LogP contribution in [0, 0.1) is 20.8 Å². The van der Waals surface area contributed by atoms with Gasteiger partial charge in [0.05, 0.1) is 17.5 Å². The molecule has 5 rings (SSSR count). The van der Waals surface area contributed by atoms with Crippen LogP contribution in [0.4, 0.5) is 5.82 Å². The third-order valence-electron chi connectivity index (χ3n) is 6.63. The van der Waals surface area contributed by atoms with Crippen molar-refractivity contribution in [1.82, 2.24) is 9.38 Å². The van der Waals surface area contributed by atoms with Crippen molar-refractivity contribution in [2.45, 2.75) is 56.1 Å². The zero-order valence-electron chi connectivity index (χ0n) is 19.4. The van der Waals surface area contributed by atoms with Gasteiger partial charge >= 0.3 is 0 Å². The van der Waals surface area contributed by atoms with Crippen LogP contribution >= 0.6 is 0 Å². The Morgan fingerprint density at radius 3 is 2.65 bits per heavy atom. The lowest BCUT2D eigenvalue weighted by molar-refractivity contribution is -0.667. The van der Waals surface area contributed by atoms with Gasteiger partial charge < -0.3 is 10.5 Å². The molecule has 0 aliphatic carbocycles. The van der Waals surface area contributed by atoms with E-state index in [9.17, 15) is 13.2 Å². The van der Waals surface area contributed by atoms with E-state index in [2.05, 4.69) is 0 Å². The Bertz CT molecular complexity index is 1620. The maximum Gasteiger partial charge on any atom is 0.278 e. The zero-order chi connectivity index (χ0) is 24.2. The highest BCUT2D eigenvalue weighted by Gasteiger charge is 2.31. The van der Waals surface area contributed by atoms with Crippen molar-refractivity contribution in [1.29, 1.82) is 0 Å². The molecular weight excluding hydrogens is 452 g/mol. The lowest BCUT2D eigenvalue weighted by Crippen LogP contribution is -2.45. The first-order valence-electron chi connectivity index (χ1n) is 11.3. The van der Waals surface area contributed by atoms with Gasteiger partial charge in [-0.1, -0.05) is 17.1 Å². The molecule has 9 heteroatoms. The summed E-state index contributed by atoms with van der Waals surface area (Å²) in [5, 5.41) is 0.192. The molecule has 8 nitrogen and oxygen atoms in total. The summed E-state index contributed by atoms with van der Waals surface area (Å²) in [4.78, 5) is 18.3. The molecule has 1 aromatic carbocycles. The van der Waals surface area contributed by atoms with Crippen molar-refractivity contribution < 1.29 is 17.7 Å². The maximum atomic E-state index is 13.7. The molecule has 0 spiro atoms. The molecule has 0 amide bonds. The van der Waals surface area contributed by atoms with E-state index in [0.29, 0.717) is 24.4 Å². The minimum atomic E-state index is -4.00. The topological polar surface area (TPSA) is 108 Å². The molecule has 1 fully saturated rings. The molecule has 3 aromatic heterocycles. The molecule has 34 heavy (non-hydrogen) atoms. The number of rotatable bonds is 4. The minimum absolute atomic E-state index is 0.0473. The Balaban J connectivity index is 1.84. The summed E-state index contributed by atoms with van der Waals surface area (Å²) < 4.78 is 36.3. The fraction of sp³-hybridized carbons (Fsp3) is 0.320. The smallest absolute Gasteiger partial charge is 0.278 e. The second-order valence-corrected chi connectivity index (χ2v) is 10.8. The van der Waals surface area contributed by atoms with Gasteiger partial charge in [-0.2, -0.15) is 0 Å². The van der Waals surface area contributed by atoms with Crippen molar-refractivity contribution in [3.63, 3.8) is 0 Å². The van der Waals surface area contributed by atoms with E-state index in [4.69, 9.17) is 15.5 Å². The van der Waals surface area contributed by atoms with Gasteiger partial charge in [0.2, 0.25) is 21.3 Å². The van der Waals surface area contributed by atoms with Crippen molar-refractivity contribution in [2.75, 3.05) is 12.3 Å². The summed E-state index contributed by atoms with van der Waals surface area (Å²) in [6.07, 6.45) is 3.25. The molecule has 1 saturated heterocycles. The second-order valence-electron chi connectivity index (χ2n) is 8.93. The number of hydrogen-bond acceptors (Lipinski definition) is 6. The van der Waals surface area contributed by atoms with E-state index in [1.807, 2.05) is 26.8 Å². The van der Waals surface area contributed by atoms with Crippen molar-refractivity contribution >= 4 is 32.3 Å². The Labute approximate surface area is 197 Å². The first kappa shape index (κ1) is 22.5. The van der Waals surface area contributed by atoms with Gasteiger partial charge in [-0.25, -0.2) is 13.0 Å². The van der Waals surface area contributed by atoms with Gasteiger partial charge in [-0.3, -0.25) is 9.20 Å². The number of benzene rings is 1. The summed E-state index contributed by atoms with van der Waals surface area (Å²) in [7, 11) is -4.00. The summed E-state index contributed by atoms with van der Waals surface area (Å²) in [5.41, 5.74) is 9.72. The maximum absolute atomic E-state index is 13.7. The summed E-state index contributed by atoms with van der Waals surface area (Å²) in [6.45, 7) is 6.61. The van der Waals surface area contributed by atoms with Gasteiger partial charge in [0.1, 0.15) is 10.3 Å². The van der Waals surface area contributed by atoms with Gasteiger partial charge in [0.15, 0.2) is 0 Å². The highest BCUT2D eigenvalue weighted by atomic mass is 32.2. The van der Waals surface area contributed by atoms with Crippen molar-refractivity contribution in [2.24, 2.45) is 0 Å². The summed E-state index contributed by atoms with van der Waals surface area (Å²) in [6, 6.07) is 9.98. The second kappa shape index (κ2) is 8.18. The molecule has 0 bridgehead atoms. The fourth-order valence-electron chi connectivity index (χ4n) is 4.48. The number of nitrogens with two attached hydrogens (primary N) is 1. The van der Waals surface area contributed by atoms with E-state index in [0.717, 1.165) is 29.5 Å². The molecule has 1 atom stereocenters. The van der Waals surface area contributed by atoms with Crippen LogP contribution < -0.4 is 15.9 Å². The van der Waals surface area contributed by atoms with E-state index in [1.54, 1.807) is 35.0 Å². The van der Waals surface area contributed by atoms with Gasteiger partial charge in [0.25, 0.3) is 11.2 Å². The standard InChI is InChI=1S/C25H26N4O4S/c1-15-8-9-19(12-17(15)3)34(31,32)21-13-20-24(29(22(21)26)14-18-7-5-11-33-18)27-23-16(2)6-4-10-28(23)25(20)30/h4,6,8-10,12-13,18,26H,5,7,11,14H2,1-3H3/p+1. The lowest BCUT2D eigenvalue weighted by Gasteiger charge is -2.16. The summed E-state index contributed by atoms with van der Waals surface area (Å²) in [5.74, 6) is 0.0473. The first-order valence-corrected chi connectivity index (χ1v) is 12.7. The number of nitrogen functional groups attached to an aromatic ring is 1. The molecule has 1 unspecified atom stereocenters. The predicted molar refractivity (Wildman–Crippen MR) is 129 cm³/mol. The average molecular weight is 480 g/mol. The fourth-order valence-corrected chi connectivity index (χ4v) is 5.98. The third kappa shape index (κ3) is 3.56. The molecule has 2 N–H and O–H groups in total. The molecule has 1 aliphatic rings. The van der Waals surface area contributed by atoms with E-state index < -0.39 is 9.84 Å². The molecule has 1 aliphatic heterocycles. The number of anilines is 1. The van der Waals surface area contributed by atoms with Crippen LogP contribution in [0.1, 0.15) is 29.5 Å². The number of fused-ring (bicyclic) bond motifs is 2. The van der Waals surface area contributed by atoms with Gasteiger partial charge in [-0.15, -0.1) is 0 Å². The Morgan fingerprint density at radius 1 is 1.15 bits per heavy atom. The highest BCUT2D eigenvalue weighted by molar-refractivity contribution is 7.91. The van der Waals surface area contributed by atoms with Gasteiger partial charge in [-0.05, 0) is 69.0 Å². The Morgan fingerprint density at radius 2 is 1.94 bits per heavy atom. The Hall–Kier alpha value is -3.30. The molecular formula is C25H27N4O4S+. The molecule has 4 heterocycles. The average Bonchev–Trinajstić information content (AvgIpc) is 3.31. The Kier molecular flexibility index (Phi) is 5.41. The minimum Gasteiger partial charge on any atom is -0.375 e. The van der Waals surface area contributed by atoms with E-state index in [1.165, 1.54) is 10.5 Å². The molecule has 4 aromatic rings. The molecule has 176 valence electrons. The number of sulfone groups is 1. The summed E-state index contributed by atoms with van der Waals surface area (Å²) >= 11 is 0. The molecule has 0 saturated carbocycles. The van der Waals surface area contributed by atoms with Crippen LogP contribution in [0.25, 0.3) is 16.7 Å². The lowest BCUT2D eigenvalue weighted by atomic mass is 10.1. The number of aryl methyl sites for hydroxylation is 3. The SMILES string of the molecule is Cc1ccc(S(=O)(=O)c2cc3c(=O)n4cccc(C)c4nc3[n+](CC3CCCO3)c2N)cc1C. The van der Waals surface area contributed by atoms with Crippen LogP contribution in [-0.4, -0.2) is 30.5 Å². The number of ether oxygens (including phenoxy) is 1. The van der Waals surface area contributed by atoms with Crippen LogP contribution in [0.3, 0.4) is 0 Å². The number of hydrogen-bond donors (Lipinski definition) is 1. The molecule has 0 radical (unpaired) electrons. The van der Waals surface area contributed by atoms with E-state index >= 15 is 0 Å². The number of aromatic nitrogens is 3.